The van der Waals surface area contributed by atoms with E-state index in [1.54, 1.807) is 19.2 Å². The lowest BCUT2D eigenvalue weighted by Crippen LogP contribution is -2.35. The van der Waals surface area contributed by atoms with Crippen molar-refractivity contribution in [3.8, 4) is 5.75 Å². The Bertz CT molecular complexity index is 965. The number of carbonyl (C=O) groups is 2. The second-order valence-electron chi connectivity index (χ2n) is 9.05. The van der Waals surface area contributed by atoms with Crippen LogP contribution in [0, 0.1) is 5.92 Å². The summed E-state index contributed by atoms with van der Waals surface area (Å²) in [6, 6.07) is 15.2. The number of ether oxygens (including phenoxy) is 1. The third kappa shape index (κ3) is 4.40. The average molecular weight is 407 g/mol. The predicted octanol–water partition coefficient (Wildman–Crippen LogP) is 4.84. The van der Waals surface area contributed by atoms with Gasteiger partial charge in [0, 0.05) is 12.2 Å². The molecule has 0 saturated carbocycles. The summed E-state index contributed by atoms with van der Waals surface area (Å²) < 4.78 is 5.22. The SMILES string of the molecule is COc1ccc(C2=C(Nc3ccc(C(C)(C)C)cc3)C(=O)N(CC(C)C)C2=O)cc1. The van der Waals surface area contributed by atoms with Crippen LogP contribution in [0.15, 0.2) is 54.2 Å². The molecule has 2 amide bonds. The minimum absolute atomic E-state index is 0.0409. The molecule has 0 aromatic heterocycles. The van der Waals surface area contributed by atoms with Crippen molar-refractivity contribution in [2.75, 3.05) is 19.0 Å². The summed E-state index contributed by atoms with van der Waals surface area (Å²) >= 11 is 0. The number of hydrogen-bond acceptors (Lipinski definition) is 4. The summed E-state index contributed by atoms with van der Waals surface area (Å²) in [6.45, 7) is 10.8. The van der Waals surface area contributed by atoms with Gasteiger partial charge in [-0.25, -0.2) is 0 Å². The van der Waals surface area contributed by atoms with Gasteiger partial charge in [-0.15, -0.1) is 0 Å². The molecule has 1 N–H and O–H groups in total. The summed E-state index contributed by atoms with van der Waals surface area (Å²) in [5.74, 6) is 0.315. The lowest BCUT2D eigenvalue weighted by molar-refractivity contribution is -0.137. The van der Waals surface area contributed by atoms with Crippen molar-refractivity contribution in [1.29, 1.82) is 0 Å². The van der Waals surface area contributed by atoms with Gasteiger partial charge in [0.1, 0.15) is 11.4 Å². The maximum absolute atomic E-state index is 13.2. The number of nitrogens with zero attached hydrogens (tertiary/aromatic N) is 1. The van der Waals surface area contributed by atoms with Crippen molar-refractivity contribution in [3.63, 3.8) is 0 Å². The van der Waals surface area contributed by atoms with E-state index in [4.69, 9.17) is 4.74 Å². The maximum atomic E-state index is 13.2. The maximum Gasteiger partial charge on any atom is 0.278 e. The lowest BCUT2D eigenvalue weighted by Gasteiger charge is -2.19. The molecular formula is C25H30N2O3. The number of rotatable bonds is 6. The molecule has 1 aliphatic heterocycles. The molecule has 0 radical (unpaired) electrons. The standard InChI is InChI=1S/C25H30N2O3/c1-16(2)15-27-23(28)21(17-7-13-20(30-6)14-8-17)22(24(27)29)26-19-11-9-18(10-12-19)25(3,4)5/h7-14,16,26H,15H2,1-6H3. The fourth-order valence-electron chi connectivity index (χ4n) is 3.45. The Morgan fingerprint density at radius 3 is 2.03 bits per heavy atom. The molecule has 5 nitrogen and oxygen atoms in total. The first kappa shape index (κ1) is 21.6. The van der Waals surface area contributed by atoms with Crippen LogP contribution in [-0.4, -0.2) is 30.4 Å². The van der Waals surface area contributed by atoms with Gasteiger partial charge in [-0.1, -0.05) is 58.9 Å². The Labute approximate surface area is 178 Å². The third-order valence-electron chi connectivity index (χ3n) is 5.11. The monoisotopic (exact) mass is 406 g/mol. The van der Waals surface area contributed by atoms with E-state index in [0.29, 0.717) is 29.1 Å². The molecule has 3 rings (SSSR count). The number of imide groups is 1. The number of amides is 2. The Balaban J connectivity index is 2.01. The van der Waals surface area contributed by atoms with E-state index in [9.17, 15) is 9.59 Å². The second kappa shape index (κ2) is 8.34. The zero-order valence-electron chi connectivity index (χ0n) is 18.6. The summed E-state index contributed by atoms with van der Waals surface area (Å²) in [5.41, 5.74) is 3.41. The molecule has 0 fully saturated rings. The van der Waals surface area contributed by atoms with Crippen molar-refractivity contribution in [3.05, 3.63) is 65.4 Å². The largest absolute Gasteiger partial charge is 0.497 e. The van der Waals surface area contributed by atoms with Crippen molar-refractivity contribution < 1.29 is 14.3 Å². The first-order chi connectivity index (χ1) is 14.1. The first-order valence-electron chi connectivity index (χ1n) is 10.2. The zero-order chi connectivity index (χ0) is 22.1. The number of methoxy groups -OCH3 is 1. The van der Waals surface area contributed by atoms with Gasteiger partial charge < -0.3 is 10.1 Å². The van der Waals surface area contributed by atoms with Crippen molar-refractivity contribution in [1.82, 2.24) is 4.90 Å². The van der Waals surface area contributed by atoms with E-state index < -0.39 is 0 Å². The van der Waals surface area contributed by atoms with E-state index in [1.807, 2.05) is 50.2 Å². The van der Waals surface area contributed by atoms with Crippen LogP contribution in [0.4, 0.5) is 5.69 Å². The topological polar surface area (TPSA) is 58.6 Å². The number of anilines is 1. The smallest absolute Gasteiger partial charge is 0.278 e. The molecule has 30 heavy (non-hydrogen) atoms. The Kier molecular flexibility index (Phi) is 6.01. The predicted molar refractivity (Wildman–Crippen MR) is 120 cm³/mol. The van der Waals surface area contributed by atoms with E-state index in [2.05, 4.69) is 26.1 Å². The van der Waals surface area contributed by atoms with Gasteiger partial charge in [-0.3, -0.25) is 14.5 Å². The van der Waals surface area contributed by atoms with Gasteiger partial charge in [0.25, 0.3) is 11.8 Å². The highest BCUT2D eigenvalue weighted by atomic mass is 16.5. The second-order valence-corrected chi connectivity index (χ2v) is 9.05. The van der Waals surface area contributed by atoms with E-state index in [1.165, 1.54) is 10.5 Å². The van der Waals surface area contributed by atoms with Gasteiger partial charge in [0.05, 0.1) is 12.7 Å². The molecule has 0 saturated heterocycles. The number of hydrogen-bond donors (Lipinski definition) is 1. The van der Waals surface area contributed by atoms with Crippen LogP contribution in [0.3, 0.4) is 0 Å². The van der Waals surface area contributed by atoms with Crippen molar-refractivity contribution >= 4 is 23.1 Å². The lowest BCUT2D eigenvalue weighted by atomic mass is 9.87. The summed E-state index contributed by atoms with van der Waals surface area (Å²) in [4.78, 5) is 27.6. The molecule has 5 heteroatoms. The highest BCUT2D eigenvalue weighted by Crippen LogP contribution is 2.32. The Morgan fingerprint density at radius 2 is 1.53 bits per heavy atom. The molecule has 1 aliphatic rings. The summed E-state index contributed by atoms with van der Waals surface area (Å²) in [5, 5.41) is 3.22. The number of nitrogens with one attached hydrogen (secondary N) is 1. The molecule has 2 aromatic rings. The van der Waals surface area contributed by atoms with Crippen LogP contribution >= 0.6 is 0 Å². The Morgan fingerprint density at radius 1 is 0.933 bits per heavy atom. The first-order valence-corrected chi connectivity index (χ1v) is 10.2. The van der Waals surface area contributed by atoms with Crippen LogP contribution in [0.25, 0.3) is 5.57 Å². The summed E-state index contributed by atoms with van der Waals surface area (Å²) in [7, 11) is 1.59. The van der Waals surface area contributed by atoms with E-state index in [0.717, 1.165) is 5.69 Å². The molecule has 0 bridgehead atoms. The fourth-order valence-corrected chi connectivity index (χ4v) is 3.45. The van der Waals surface area contributed by atoms with Crippen LogP contribution in [0.1, 0.15) is 45.7 Å². The molecule has 158 valence electrons. The van der Waals surface area contributed by atoms with Crippen LogP contribution in [0.2, 0.25) is 0 Å². The van der Waals surface area contributed by atoms with Gasteiger partial charge in [0.2, 0.25) is 0 Å². The molecule has 0 aliphatic carbocycles. The van der Waals surface area contributed by atoms with Crippen LogP contribution < -0.4 is 10.1 Å². The van der Waals surface area contributed by atoms with Gasteiger partial charge in [-0.05, 0) is 46.7 Å². The quantitative estimate of drug-likeness (QED) is 0.698. The van der Waals surface area contributed by atoms with Gasteiger partial charge in [0.15, 0.2) is 0 Å². The summed E-state index contributed by atoms with van der Waals surface area (Å²) in [6.07, 6.45) is 0. The number of carbonyl (C=O) groups excluding carboxylic acids is 2. The molecule has 1 heterocycles. The third-order valence-corrected chi connectivity index (χ3v) is 5.11. The van der Waals surface area contributed by atoms with Crippen molar-refractivity contribution in [2.24, 2.45) is 5.92 Å². The normalized spacial score (nSPS) is 14.7. The number of benzene rings is 2. The molecule has 0 unspecified atom stereocenters. The zero-order valence-corrected chi connectivity index (χ0v) is 18.6. The highest BCUT2D eigenvalue weighted by Gasteiger charge is 2.39. The fraction of sp³-hybridized carbons (Fsp3) is 0.360. The molecular weight excluding hydrogens is 376 g/mol. The minimum atomic E-state index is -0.292. The Hall–Kier alpha value is -3.08. The molecule has 0 spiro atoms. The van der Waals surface area contributed by atoms with E-state index >= 15 is 0 Å². The molecule has 0 atom stereocenters. The highest BCUT2D eigenvalue weighted by molar-refractivity contribution is 6.36. The minimum Gasteiger partial charge on any atom is -0.497 e. The molecule has 2 aromatic carbocycles. The van der Waals surface area contributed by atoms with Crippen LogP contribution in [0.5, 0.6) is 5.75 Å². The van der Waals surface area contributed by atoms with E-state index in [-0.39, 0.29) is 23.1 Å². The van der Waals surface area contributed by atoms with Crippen molar-refractivity contribution in [2.45, 2.75) is 40.0 Å². The van der Waals surface area contributed by atoms with Crippen LogP contribution in [-0.2, 0) is 15.0 Å². The van der Waals surface area contributed by atoms with Gasteiger partial charge in [-0.2, -0.15) is 0 Å². The average Bonchev–Trinajstić information content (AvgIpc) is 2.92. The van der Waals surface area contributed by atoms with Gasteiger partial charge >= 0.3 is 0 Å².